The van der Waals surface area contributed by atoms with E-state index in [-0.39, 0.29) is 16.3 Å². The van der Waals surface area contributed by atoms with Gasteiger partial charge in [-0.3, -0.25) is 9.10 Å². The summed E-state index contributed by atoms with van der Waals surface area (Å²) >= 11 is 1.56. The molecule has 0 aliphatic rings. The summed E-state index contributed by atoms with van der Waals surface area (Å²) in [4.78, 5) is 13.5. The second-order valence-electron chi connectivity index (χ2n) is 7.10. The second kappa shape index (κ2) is 8.35. The van der Waals surface area contributed by atoms with Crippen LogP contribution < -0.4 is 9.62 Å². The molecule has 0 heterocycles. The van der Waals surface area contributed by atoms with Crippen molar-refractivity contribution in [2.24, 2.45) is 0 Å². The predicted molar refractivity (Wildman–Crippen MR) is 112 cm³/mol. The molecule has 7 heteroatoms. The Morgan fingerprint density at radius 2 is 1.59 bits per heavy atom. The molecule has 0 atom stereocenters. The molecule has 2 rings (SSSR count). The molecule has 0 saturated heterocycles. The van der Waals surface area contributed by atoms with Crippen LogP contribution in [0.5, 0.6) is 0 Å². The fourth-order valence-electron chi connectivity index (χ4n) is 2.56. The van der Waals surface area contributed by atoms with Crippen LogP contribution in [0.2, 0.25) is 0 Å². The van der Waals surface area contributed by atoms with Crippen LogP contribution in [0.3, 0.4) is 0 Å². The van der Waals surface area contributed by atoms with Crippen molar-refractivity contribution < 1.29 is 13.2 Å². The van der Waals surface area contributed by atoms with Gasteiger partial charge in [0, 0.05) is 22.5 Å². The van der Waals surface area contributed by atoms with Crippen molar-refractivity contribution in [2.75, 3.05) is 17.1 Å². The molecule has 1 amide bonds. The highest BCUT2D eigenvalue weighted by molar-refractivity contribution is 7.98. The number of carbonyl (C=O) groups excluding carboxylic acids is 1. The number of thioether (sulfide) groups is 1. The fourth-order valence-corrected chi connectivity index (χ4v) is 4.44. The van der Waals surface area contributed by atoms with Gasteiger partial charge in [0.05, 0.1) is 10.6 Å². The highest BCUT2D eigenvalue weighted by Gasteiger charge is 2.24. The van der Waals surface area contributed by atoms with Crippen LogP contribution >= 0.6 is 11.8 Å². The Bertz CT molecular complexity index is 884. The molecule has 1 N–H and O–H groups in total. The number of benzene rings is 2. The van der Waals surface area contributed by atoms with Gasteiger partial charge in [-0.1, -0.05) is 0 Å². The molecule has 0 spiro atoms. The molecule has 0 saturated carbocycles. The Labute approximate surface area is 166 Å². The molecular formula is C20H26N2O3S2. The predicted octanol–water partition coefficient (Wildman–Crippen LogP) is 4.15. The Morgan fingerprint density at radius 3 is 2.04 bits per heavy atom. The molecule has 0 fully saturated rings. The van der Waals surface area contributed by atoms with Gasteiger partial charge < -0.3 is 5.32 Å². The van der Waals surface area contributed by atoms with Crippen LogP contribution in [0.1, 0.15) is 38.1 Å². The van der Waals surface area contributed by atoms with E-state index in [2.05, 4.69) is 5.32 Å². The maximum absolute atomic E-state index is 13.0. The molecule has 0 aliphatic carbocycles. The summed E-state index contributed by atoms with van der Waals surface area (Å²) < 4.78 is 27.4. The minimum Gasteiger partial charge on any atom is -0.347 e. The first-order chi connectivity index (χ1) is 12.6. The van der Waals surface area contributed by atoms with E-state index in [4.69, 9.17) is 0 Å². The highest BCUT2D eigenvalue weighted by Crippen LogP contribution is 2.25. The molecule has 27 heavy (non-hydrogen) atoms. The highest BCUT2D eigenvalue weighted by atomic mass is 32.2. The normalized spacial score (nSPS) is 11.9. The van der Waals surface area contributed by atoms with E-state index in [9.17, 15) is 13.2 Å². The molecule has 146 valence electrons. The molecule has 0 aliphatic heterocycles. The molecule has 0 radical (unpaired) electrons. The largest absolute Gasteiger partial charge is 0.347 e. The van der Waals surface area contributed by atoms with Gasteiger partial charge in [0.1, 0.15) is 0 Å². The minimum atomic E-state index is -3.67. The SMILES string of the molecule is CCN(c1ccc(C(=O)NC(C)(C)C)cc1)S(=O)(=O)c1ccc(SC)cc1. The van der Waals surface area contributed by atoms with E-state index in [1.807, 2.05) is 27.0 Å². The van der Waals surface area contributed by atoms with Crippen molar-refractivity contribution in [1.29, 1.82) is 0 Å². The lowest BCUT2D eigenvalue weighted by Gasteiger charge is -2.24. The summed E-state index contributed by atoms with van der Waals surface area (Å²) in [6.07, 6.45) is 1.94. The Balaban J connectivity index is 2.29. The summed E-state index contributed by atoms with van der Waals surface area (Å²) in [6.45, 7) is 7.81. The lowest BCUT2D eigenvalue weighted by atomic mass is 10.1. The molecular weight excluding hydrogens is 380 g/mol. The molecule has 0 bridgehead atoms. The van der Waals surface area contributed by atoms with Crippen LogP contribution in [-0.2, 0) is 10.0 Å². The van der Waals surface area contributed by atoms with Gasteiger partial charge in [-0.05, 0) is 82.5 Å². The number of carbonyl (C=O) groups is 1. The smallest absolute Gasteiger partial charge is 0.264 e. The Kier molecular flexibility index (Phi) is 6.59. The Hall–Kier alpha value is -1.99. The van der Waals surface area contributed by atoms with E-state index in [1.54, 1.807) is 67.2 Å². The maximum Gasteiger partial charge on any atom is 0.264 e. The zero-order valence-electron chi connectivity index (χ0n) is 16.3. The summed E-state index contributed by atoms with van der Waals surface area (Å²) in [5.74, 6) is -0.187. The number of amides is 1. The van der Waals surface area contributed by atoms with Crippen molar-refractivity contribution in [3.63, 3.8) is 0 Å². The van der Waals surface area contributed by atoms with Crippen molar-refractivity contribution in [2.45, 2.75) is 43.0 Å². The molecule has 2 aromatic carbocycles. The molecule has 2 aromatic rings. The van der Waals surface area contributed by atoms with Crippen molar-refractivity contribution in [3.8, 4) is 0 Å². The van der Waals surface area contributed by atoms with Crippen molar-refractivity contribution >= 4 is 33.4 Å². The number of hydrogen-bond acceptors (Lipinski definition) is 4. The summed E-state index contributed by atoms with van der Waals surface area (Å²) in [5, 5.41) is 2.89. The number of sulfonamides is 1. The van der Waals surface area contributed by atoms with Crippen LogP contribution in [-0.4, -0.2) is 32.7 Å². The van der Waals surface area contributed by atoms with Gasteiger partial charge in [-0.15, -0.1) is 11.8 Å². The third-order valence-electron chi connectivity index (χ3n) is 3.84. The number of rotatable bonds is 6. The number of nitrogens with zero attached hydrogens (tertiary/aromatic N) is 1. The monoisotopic (exact) mass is 406 g/mol. The zero-order chi connectivity index (χ0) is 20.2. The minimum absolute atomic E-state index is 0.187. The van der Waals surface area contributed by atoms with E-state index in [0.717, 1.165) is 4.90 Å². The van der Waals surface area contributed by atoms with E-state index < -0.39 is 10.0 Å². The standard InChI is InChI=1S/C20H26N2O3S2/c1-6-22(27(24,25)18-13-11-17(26-5)12-14-18)16-9-7-15(8-10-16)19(23)21-20(2,3)4/h7-14H,6H2,1-5H3,(H,21,23). The molecule has 5 nitrogen and oxygen atoms in total. The second-order valence-corrected chi connectivity index (χ2v) is 9.84. The van der Waals surface area contributed by atoms with E-state index in [1.165, 1.54) is 4.31 Å². The van der Waals surface area contributed by atoms with Crippen LogP contribution in [0.15, 0.2) is 58.3 Å². The lowest BCUT2D eigenvalue weighted by Crippen LogP contribution is -2.40. The zero-order valence-corrected chi connectivity index (χ0v) is 17.9. The first kappa shape index (κ1) is 21.3. The first-order valence-corrected chi connectivity index (χ1v) is 11.3. The van der Waals surface area contributed by atoms with Crippen LogP contribution in [0, 0.1) is 0 Å². The van der Waals surface area contributed by atoms with E-state index in [0.29, 0.717) is 17.8 Å². The summed E-state index contributed by atoms with van der Waals surface area (Å²) in [5.41, 5.74) is 0.683. The van der Waals surface area contributed by atoms with Crippen LogP contribution in [0.4, 0.5) is 5.69 Å². The van der Waals surface area contributed by atoms with Crippen molar-refractivity contribution in [3.05, 3.63) is 54.1 Å². The van der Waals surface area contributed by atoms with Crippen molar-refractivity contribution in [1.82, 2.24) is 5.32 Å². The molecule has 0 aromatic heterocycles. The number of nitrogens with one attached hydrogen (secondary N) is 1. The van der Waals surface area contributed by atoms with Gasteiger partial charge in [0.2, 0.25) is 0 Å². The Morgan fingerprint density at radius 1 is 1.04 bits per heavy atom. The third-order valence-corrected chi connectivity index (χ3v) is 6.50. The topological polar surface area (TPSA) is 66.5 Å². The summed E-state index contributed by atoms with van der Waals surface area (Å²) in [6, 6.07) is 13.4. The van der Waals surface area contributed by atoms with E-state index >= 15 is 0 Å². The maximum atomic E-state index is 13.0. The van der Waals surface area contributed by atoms with Gasteiger partial charge >= 0.3 is 0 Å². The average molecular weight is 407 g/mol. The van der Waals surface area contributed by atoms with Gasteiger partial charge in [-0.2, -0.15) is 0 Å². The van der Waals surface area contributed by atoms with Gasteiger partial charge in [-0.25, -0.2) is 8.42 Å². The first-order valence-electron chi connectivity index (χ1n) is 8.68. The number of hydrogen-bond donors (Lipinski definition) is 1. The lowest BCUT2D eigenvalue weighted by molar-refractivity contribution is 0.0919. The van der Waals surface area contributed by atoms with Gasteiger partial charge in [0.15, 0.2) is 0 Å². The third kappa shape index (κ3) is 5.26. The van der Waals surface area contributed by atoms with Crippen LogP contribution in [0.25, 0.3) is 0 Å². The summed E-state index contributed by atoms with van der Waals surface area (Å²) in [7, 11) is -3.67. The number of anilines is 1. The quantitative estimate of drug-likeness (QED) is 0.732. The average Bonchev–Trinajstić information content (AvgIpc) is 2.61. The van der Waals surface area contributed by atoms with Gasteiger partial charge in [0.25, 0.3) is 15.9 Å². The fraction of sp³-hybridized carbons (Fsp3) is 0.350. The molecule has 0 unspecified atom stereocenters.